The van der Waals surface area contributed by atoms with Gasteiger partial charge >= 0.3 is 5.97 Å². The van der Waals surface area contributed by atoms with Crippen molar-refractivity contribution < 1.29 is 14.7 Å². The molecule has 9 heteroatoms. The van der Waals surface area contributed by atoms with Crippen LogP contribution >= 0.6 is 11.8 Å². The highest BCUT2D eigenvalue weighted by molar-refractivity contribution is 7.99. The number of carbonyl (C=O) groups is 2. The van der Waals surface area contributed by atoms with Crippen LogP contribution < -0.4 is 0 Å². The molecule has 0 saturated carbocycles. The van der Waals surface area contributed by atoms with Gasteiger partial charge in [-0.05, 0) is 16.8 Å². The van der Waals surface area contributed by atoms with E-state index in [9.17, 15) is 9.59 Å². The fourth-order valence-electron chi connectivity index (χ4n) is 1.31. The molecule has 0 aliphatic carbocycles. The van der Waals surface area contributed by atoms with Crippen LogP contribution in [0.25, 0.3) is 0 Å². The number of amides is 1. The van der Waals surface area contributed by atoms with Gasteiger partial charge in [0, 0.05) is 13.1 Å². The second-order valence-corrected chi connectivity index (χ2v) is 4.48. The van der Waals surface area contributed by atoms with Gasteiger partial charge in [0.2, 0.25) is 11.1 Å². The molecule has 0 radical (unpaired) electrons. The predicted octanol–water partition coefficient (Wildman–Crippen LogP) is -0.918. The number of likely N-dealkylation sites (tertiary alicyclic amines) is 1. The van der Waals surface area contributed by atoms with Gasteiger partial charge in [-0.1, -0.05) is 11.8 Å². The van der Waals surface area contributed by atoms with Crippen molar-refractivity contribution in [3.63, 3.8) is 0 Å². The molecule has 0 bridgehead atoms. The van der Waals surface area contributed by atoms with Crippen LogP contribution in [0, 0.1) is 0 Å². The van der Waals surface area contributed by atoms with Crippen molar-refractivity contribution in [3.05, 3.63) is 0 Å². The average molecular weight is 257 g/mol. The summed E-state index contributed by atoms with van der Waals surface area (Å²) >= 11 is 1.15. The molecular formula is C8H11N5O3S. The molecule has 1 N–H and O–H groups in total. The first kappa shape index (κ1) is 11.8. The van der Waals surface area contributed by atoms with Crippen LogP contribution in [0.1, 0.15) is 6.42 Å². The van der Waals surface area contributed by atoms with E-state index in [1.165, 1.54) is 0 Å². The van der Waals surface area contributed by atoms with Crippen LogP contribution in [-0.2, 0) is 16.1 Å². The number of nitrogens with zero attached hydrogens (tertiary/aromatic N) is 5. The summed E-state index contributed by atoms with van der Waals surface area (Å²) in [5.41, 5.74) is 0. The Hall–Kier alpha value is -1.64. The number of tetrazole rings is 1. The summed E-state index contributed by atoms with van der Waals surface area (Å²) in [6.45, 7) is 1.31. The Morgan fingerprint density at radius 3 is 2.76 bits per heavy atom. The number of carboxylic acid groups (broad SMARTS) is 1. The zero-order chi connectivity index (χ0) is 12.3. The quantitative estimate of drug-likeness (QED) is 0.681. The topological polar surface area (TPSA) is 101 Å². The molecule has 1 aliphatic heterocycles. The summed E-state index contributed by atoms with van der Waals surface area (Å²) in [7, 11) is 0. The molecule has 17 heavy (non-hydrogen) atoms. The molecule has 1 aromatic heterocycles. The van der Waals surface area contributed by atoms with Crippen LogP contribution in [0.4, 0.5) is 0 Å². The highest BCUT2D eigenvalue weighted by Crippen LogP contribution is 2.16. The molecule has 0 atom stereocenters. The summed E-state index contributed by atoms with van der Waals surface area (Å²) in [6, 6.07) is 0. The zero-order valence-electron chi connectivity index (χ0n) is 8.94. The number of thioether (sulfide) groups is 1. The summed E-state index contributed by atoms with van der Waals surface area (Å²) in [5, 5.41) is 19.6. The molecule has 2 heterocycles. The van der Waals surface area contributed by atoms with Gasteiger partial charge in [-0.3, -0.25) is 9.59 Å². The fraction of sp³-hybridized carbons (Fsp3) is 0.625. The van der Waals surface area contributed by atoms with Crippen LogP contribution in [0.2, 0.25) is 0 Å². The van der Waals surface area contributed by atoms with Crippen LogP contribution in [-0.4, -0.2) is 60.9 Å². The van der Waals surface area contributed by atoms with Crippen LogP contribution in [0.15, 0.2) is 5.16 Å². The maximum atomic E-state index is 11.6. The van der Waals surface area contributed by atoms with E-state index in [1.807, 2.05) is 0 Å². The van der Waals surface area contributed by atoms with Gasteiger partial charge in [0.15, 0.2) is 0 Å². The lowest BCUT2D eigenvalue weighted by molar-refractivity contribution is -0.138. The molecule has 0 spiro atoms. The Morgan fingerprint density at radius 1 is 1.41 bits per heavy atom. The standard InChI is InChI=1S/C8H11N5O3S/c14-6(12-2-1-3-12)5-17-8-9-10-11-13(8)4-7(15)16/h1-5H2,(H,15,16). The third-order valence-corrected chi connectivity index (χ3v) is 3.26. The second kappa shape index (κ2) is 5.13. The van der Waals surface area contributed by atoms with E-state index < -0.39 is 5.97 Å². The minimum Gasteiger partial charge on any atom is -0.480 e. The molecular weight excluding hydrogens is 246 g/mol. The maximum absolute atomic E-state index is 11.6. The monoisotopic (exact) mass is 257 g/mol. The fourth-order valence-corrected chi connectivity index (χ4v) is 2.09. The van der Waals surface area contributed by atoms with Gasteiger partial charge in [-0.25, -0.2) is 4.68 Å². The number of hydrogen-bond acceptors (Lipinski definition) is 6. The normalized spacial score (nSPS) is 14.5. The van der Waals surface area contributed by atoms with Gasteiger partial charge in [-0.2, -0.15) is 0 Å². The van der Waals surface area contributed by atoms with E-state index in [4.69, 9.17) is 5.11 Å². The van der Waals surface area contributed by atoms with Crippen molar-refractivity contribution in [1.82, 2.24) is 25.1 Å². The first-order valence-corrected chi connectivity index (χ1v) is 6.04. The van der Waals surface area contributed by atoms with Crippen LogP contribution in [0.5, 0.6) is 0 Å². The number of aromatic nitrogens is 4. The van der Waals surface area contributed by atoms with Gasteiger partial charge in [0.1, 0.15) is 6.54 Å². The minimum atomic E-state index is -1.02. The molecule has 1 saturated heterocycles. The number of carbonyl (C=O) groups excluding carboxylic acids is 1. The molecule has 1 aromatic rings. The van der Waals surface area contributed by atoms with E-state index in [2.05, 4.69) is 15.5 Å². The average Bonchev–Trinajstić information content (AvgIpc) is 2.58. The Labute approximate surface area is 101 Å². The molecule has 0 unspecified atom stereocenters. The lowest BCUT2D eigenvalue weighted by Crippen LogP contribution is -2.43. The Bertz CT molecular complexity index is 431. The maximum Gasteiger partial charge on any atom is 0.325 e. The first-order valence-electron chi connectivity index (χ1n) is 5.05. The lowest BCUT2D eigenvalue weighted by Gasteiger charge is -2.30. The number of rotatable bonds is 5. The van der Waals surface area contributed by atoms with E-state index in [0.717, 1.165) is 36.0 Å². The third kappa shape index (κ3) is 2.93. The second-order valence-electron chi connectivity index (χ2n) is 3.54. The SMILES string of the molecule is O=C(O)Cn1nnnc1SCC(=O)N1CCC1. The third-order valence-electron chi connectivity index (χ3n) is 2.32. The van der Waals surface area contributed by atoms with Gasteiger partial charge in [-0.15, -0.1) is 5.10 Å². The predicted molar refractivity (Wildman–Crippen MR) is 57.4 cm³/mol. The molecule has 1 fully saturated rings. The van der Waals surface area contributed by atoms with E-state index in [-0.39, 0.29) is 18.2 Å². The minimum absolute atomic E-state index is 0.0334. The zero-order valence-corrected chi connectivity index (χ0v) is 9.76. The van der Waals surface area contributed by atoms with E-state index in [0.29, 0.717) is 5.16 Å². The largest absolute Gasteiger partial charge is 0.480 e. The summed E-state index contributed by atoms with van der Waals surface area (Å²) in [4.78, 5) is 23.8. The van der Waals surface area contributed by atoms with Crippen molar-refractivity contribution in [2.24, 2.45) is 0 Å². The van der Waals surface area contributed by atoms with Crippen molar-refractivity contribution in [1.29, 1.82) is 0 Å². The number of hydrogen-bond donors (Lipinski definition) is 1. The van der Waals surface area contributed by atoms with Crippen molar-refractivity contribution >= 4 is 23.6 Å². The van der Waals surface area contributed by atoms with Crippen molar-refractivity contribution in [3.8, 4) is 0 Å². The summed E-state index contributed by atoms with van der Waals surface area (Å²) < 4.78 is 1.16. The summed E-state index contributed by atoms with van der Waals surface area (Å²) in [6.07, 6.45) is 1.05. The van der Waals surface area contributed by atoms with Gasteiger partial charge in [0.25, 0.3) is 0 Å². The molecule has 0 aromatic carbocycles. The van der Waals surface area contributed by atoms with Gasteiger partial charge < -0.3 is 10.0 Å². The highest BCUT2D eigenvalue weighted by atomic mass is 32.2. The van der Waals surface area contributed by atoms with E-state index in [1.54, 1.807) is 4.90 Å². The Morgan fingerprint density at radius 2 is 2.18 bits per heavy atom. The van der Waals surface area contributed by atoms with Gasteiger partial charge in [0.05, 0.1) is 5.75 Å². The molecule has 1 amide bonds. The lowest BCUT2D eigenvalue weighted by atomic mass is 10.2. The van der Waals surface area contributed by atoms with Crippen molar-refractivity contribution in [2.45, 2.75) is 18.1 Å². The molecule has 1 aliphatic rings. The molecule has 2 rings (SSSR count). The Kier molecular flexibility index (Phi) is 3.57. The summed E-state index contributed by atoms with van der Waals surface area (Å²) in [5.74, 6) is -0.751. The first-order chi connectivity index (χ1) is 8.16. The number of aliphatic carboxylic acids is 1. The van der Waals surface area contributed by atoms with Crippen LogP contribution in [0.3, 0.4) is 0 Å². The number of carboxylic acids is 1. The highest BCUT2D eigenvalue weighted by Gasteiger charge is 2.21. The Balaban J connectivity index is 1.87. The molecule has 92 valence electrons. The van der Waals surface area contributed by atoms with E-state index >= 15 is 0 Å². The smallest absolute Gasteiger partial charge is 0.325 e. The molecule has 8 nitrogen and oxygen atoms in total. The van der Waals surface area contributed by atoms with Crippen molar-refractivity contribution in [2.75, 3.05) is 18.8 Å².